The van der Waals surface area contributed by atoms with Crippen LogP contribution in [0.4, 0.5) is 0 Å². The Morgan fingerprint density at radius 2 is 2.00 bits per heavy atom. The molecule has 0 fully saturated rings. The van der Waals surface area contributed by atoms with Gasteiger partial charge in [-0.1, -0.05) is 6.07 Å². The van der Waals surface area contributed by atoms with Crippen LogP contribution in [0.1, 0.15) is 5.56 Å². The molecule has 0 radical (unpaired) electrons. The van der Waals surface area contributed by atoms with Crippen molar-refractivity contribution in [2.75, 3.05) is 40.5 Å². The van der Waals surface area contributed by atoms with Crippen molar-refractivity contribution in [3.05, 3.63) is 29.8 Å². The smallest absolute Gasteiger partial charge is 0.244 e. The van der Waals surface area contributed by atoms with Gasteiger partial charge < -0.3 is 25.3 Å². The third-order valence-electron chi connectivity index (χ3n) is 2.64. The van der Waals surface area contributed by atoms with E-state index in [0.29, 0.717) is 37.8 Å². The Kier molecular flexibility index (Phi) is 7.93. The molecular weight excluding hydrogens is 272 g/mol. The minimum absolute atomic E-state index is 0.180. The van der Waals surface area contributed by atoms with Crippen molar-refractivity contribution in [1.29, 1.82) is 0 Å². The third-order valence-corrected chi connectivity index (χ3v) is 2.64. The molecule has 0 aromatic heterocycles. The molecule has 3 N–H and O–H groups in total. The molecule has 1 rings (SSSR count). The molecule has 0 aliphatic rings. The summed E-state index contributed by atoms with van der Waals surface area (Å²) in [5, 5.41) is 2.72. The van der Waals surface area contributed by atoms with Gasteiger partial charge in [0.2, 0.25) is 5.91 Å². The van der Waals surface area contributed by atoms with Crippen molar-refractivity contribution in [2.24, 2.45) is 5.73 Å². The van der Waals surface area contributed by atoms with Gasteiger partial charge in [-0.3, -0.25) is 4.79 Å². The van der Waals surface area contributed by atoms with Crippen LogP contribution in [-0.2, 0) is 9.53 Å². The first-order valence-corrected chi connectivity index (χ1v) is 6.67. The fourth-order valence-electron chi connectivity index (χ4n) is 1.62. The molecule has 6 nitrogen and oxygen atoms in total. The Labute approximate surface area is 124 Å². The molecule has 0 unspecified atom stereocenters. The summed E-state index contributed by atoms with van der Waals surface area (Å²) in [5.74, 6) is 1.09. The number of hydrogen-bond donors (Lipinski definition) is 2. The van der Waals surface area contributed by atoms with Crippen LogP contribution in [0.15, 0.2) is 24.3 Å². The lowest BCUT2D eigenvalue weighted by Gasteiger charge is -2.07. The molecule has 0 aliphatic carbocycles. The maximum absolute atomic E-state index is 11.6. The van der Waals surface area contributed by atoms with Gasteiger partial charge in [-0.25, -0.2) is 0 Å². The Bertz CT molecular complexity index is 475. The molecule has 0 atom stereocenters. The number of rotatable bonds is 9. The summed E-state index contributed by atoms with van der Waals surface area (Å²) in [7, 11) is 3.15. The van der Waals surface area contributed by atoms with Gasteiger partial charge in [-0.15, -0.1) is 0 Å². The molecule has 0 spiro atoms. The molecule has 1 amide bonds. The highest BCUT2D eigenvalue weighted by Crippen LogP contribution is 2.27. The topological polar surface area (TPSA) is 82.8 Å². The standard InChI is InChI=1S/C15H22N2O4/c1-19-13-5-3-12(11-14(13)20-2)4-6-15(18)17-8-10-21-9-7-16/h3-6,11H,7-10,16H2,1-2H3,(H,17,18)/b6-4+. The van der Waals surface area contributed by atoms with E-state index in [9.17, 15) is 4.79 Å². The van der Waals surface area contributed by atoms with Gasteiger partial charge in [0, 0.05) is 19.2 Å². The molecule has 0 bridgehead atoms. The molecule has 1 aromatic rings. The number of carbonyl (C=O) groups is 1. The number of ether oxygens (including phenoxy) is 3. The summed E-state index contributed by atoms with van der Waals surface area (Å²) in [6, 6.07) is 5.43. The van der Waals surface area contributed by atoms with E-state index in [1.165, 1.54) is 6.08 Å². The predicted octanol–water partition coefficient (Wildman–Crippen LogP) is 0.809. The van der Waals surface area contributed by atoms with Gasteiger partial charge in [-0.05, 0) is 23.8 Å². The van der Waals surface area contributed by atoms with E-state index >= 15 is 0 Å². The zero-order valence-electron chi connectivity index (χ0n) is 12.4. The number of nitrogens with two attached hydrogens (primary N) is 1. The van der Waals surface area contributed by atoms with Gasteiger partial charge >= 0.3 is 0 Å². The fourth-order valence-corrected chi connectivity index (χ4v) is 1.62. The van der Waals surface area contributed by atoms with Crippen LogP contribution < -0.4 is 20.5 Å². The van der Waals surface area contributed by atoms with Crippen LogP contribution in [0, 0.1) is 0 Å². The quantitative estimate of drug-likeness (QED) is 0.520. The van der Waals surface area contributed by atoms with Gasteiger partial charge in [0.05, 0.1) is 27.4 Å². The summed E-state index contributed by atoms with van der Waals surface area (Å²) in [5.41, 5.74) is 6.13. The van der Waals surface area contributed by atoms with E-state index in [1.54, 1.807) is 32.4 Å². The Morgan fingerprint density at radius 3 is 2.67 bits per heavy atom. The van der Waals surface area contributed by atoms with E-state index in [4.69, 9.17) is 19.9 Å². The van der Waals surface area contributed by atoms with Gasteiger partial charge in [0.1, 0.15) is 0 Å². The van der Waals surface area contributed by atoms with Crippen molar-refractivity contribution >= 4 is 12.0 Å². The first-order valence-electron chi connectivity index (χ1n) is 6.67. The molecule has 0 saturated heterocycles. The van der Waals surface area contributed by atoms with Crippen molar-refractivity contribution in [1.82, 2.24) is 5.32 Å². The molecular formula is C15H22N2O4. The summed E-state index contributed by atoms with van der Waals surface area (Å²) < 4.78 is 15.5. The summed E-state index contributed by atoms with van der Waals surface area (Å²) in [6.45, 7) is 1.88. The molecule has 0 heterocycles. The molecule has 1 aromatic carbocycles. The first-order chi connectivity index (χ1) is 10.2. The Hall–Kier alpha value is -2.05. The molecule has 0 saturated carbocycles. The minimum Gasteiger partial charge on any atom is -0.493 e. The zero-order valence-corrected chi connectivity index (χ0v) is 12.4. The normalized spacial score (nSPS) is 10.6. The number of benzene rings is 1. The van der Waals surface area contributed by atoms with Crippen molar-refractivity contribution in [2.45, 2.75) is 0 Å². The van der Waals surface area contributed by atoms with Crippen molar-refractivity contribution in [3.8, 4) is 11.5 Å². The molecule has 116 valence electrons. The van der Waals surface area contributed by atoms with Gasteiger partial charge in [0.25, 0.3) is 0 Å². The van der Waals surface area contributed by atoms with E-state index < -0.39 is 0 Å². The first kappa shape index (κ1) is 17.0. The predicted molar refractivity (Wildman–Crippen MR) is 81.5 cm³/mol. The van der Waals surface area contributed by atoms with Crippen LogP contribution in [0.3, 0.4) is 0 Å². The van der Waals surface area contributed by atoms with Gasteiger partial charge in [-0.2, -0.15) is 0 Å². The lowest BCUT2D eigenvalue weighted by molar-refractivity contribution is -0.116. The highest BCUT2D eigenvalue weighted by molar-refractivity contribution is 5.91. The summed E-state index contributed by atoms with van der Waals surface area (Å²) in [6.07, 6.45) is 3.17. The summed E-state index contributed by atoms with van der Waals surface area (Å²) >= 11 is 0. The second-order valence-corrected chi connectivity index (χ2v) is 4.14. The Balaban J connectivity index is 2.46. The summed E-state index contributed by atoms with van der Waals surface area (Å²) in [4.78, 5) is 11.6. The molecule has 0 aliphatic heterocycles. The largest absolute Gasteiger partial charge is 0.493 e. The van der Waals surface area contributed by atoms with Crippen LogP contribution in [0.2, 0.25) is 0 Å². The maximum atomic E-state index is 11.6. The third kappa shape index (κ3) is 6.29. The highest BCUT2D eigenvalue weighted by atomic mass is 16.5. The highest BCUT2D eigenvalue weighted by Gasteiger charge is 2.03. The van der Waals surface area contributed by atoms with Crippen LogP contribution >= 0.6 is 0 Å². The number of carbonyl (C=O) groups excluding carboxylic acids is 1. The van der Waals surface area contributed by atoms with Crippen LogP contribution in [-0.4, -0.2) is 46.4 Å². The number of hydrogen-bond acceptors (Lipinski definition) is 5. The molecule has 21 heavy (non-hydrogen) atoms. The van der Waals surface area contributed by atoms with Crippen molar-refractivity contribution in [3.63, 3.8) is 0 Å². The van der Waals surface area contributed by atoms with Crippen LogP contribution in [0.25, 0.3) is 6.08 Å². The van der Waals surface area contributed by atoms with Crippen molar-refractivity contribution < 1.29 is 19.0 Å². The second kappa shape index (κ2) is 9.79. The average molecular weight is 294 g/mol. The Morgan fingerprint density at radius 1 is 1.24 bits per heavy atom. The number of methoxy groups -OCH3 is 2. The average Bonchev–Trinajstić information content (AvgIpc) is 2.52. The van der Waals surface area contributed by atoms with E-state index in [0.717, 1.165) is 5.56 Å². The molecule has 6 heteroatoms. The number of amides is 1. The maximum Gasteiger partial charge on any atom is 0.244 e. The SMILES string of the molecule is COc1ccc(/C=C/C(=O)NCCOCCN)cc1OC. The van der Waals surface area contributed by atoms with E-state index in [1.807, 2.05) is 6.07 Å². The zero-order chi connectivity index (χ0) is 15.5. The lowest BCUT2D eigenvalue weighted by Crippen LogP contribution is -2.26. The monoisotopic (exact) mass is 294 g/mol. The van der Waals surface area contributed by atoms with E-state index in [-0.39, 0.29) is 5.91 Å². The van der Waals surface area contributed by atoms with Gasteiger partial charge in [0.15, 0.2) is 11.5 Å². The number of nitrogens with one attached hydrogen (secondary N) is 1. The van der Waals surface area contributed by atoms with Crippen LogP contribution in [0.5, 0.6) is 11.5 Å². The minimum atomic E-state index is -0.180. The lowest BCUT2D eigenvalue weighted by atomic mass is 10.2. The second-order valence-electron chi connectivity index (χ2n) is 4.14. The fraction of sp³-hybridized carbons (Fsp3) is 0.400. The van der Waals surface area contributed by atoms with E-state index in [2.05, 4.69) is 5.32 Å².